The molecular formula is C9H12O4. The second kappa shape index (κ2) is 4.07. The molecule has 0 spiro atoms. The molecule has 0 aromatic carbocycles. The molecule has 1 rings (SSSR count). The van der Waals surface area contributed by atoms with E-state index in [0.29, 0.717) is 6.42 Å². The number of hydrogen-bond donors (Lipinski definition) is 0. The van der Waals surface area contributed by atoms with E-state index in [-0.39, 0.29) is 24.1 Å². The van der Waals surface area contributed by atoms with E-state index in [2.05, 4.69) is 0 Å². The third-order valence-electron chi connectivity index (χ3n) is 1.64. The van der Waals surface area contributed by atoms with E-state index in [1.807, 2.05) is 0 Å². The largest absolute Gasteiger partial charge is 0.458 e. The summed E-state index contributed by atoms with van der Waals surface area (Å²) in [6.07, 6.45) is 3.49. The Morgan fingerprint density at radius 1 is 1.08 bits per heavy atom. The maximum absolute atomic E-state index is 10.6. The summed E-state index contributed by atoms with van der Waals surface area (Å²) in [6, 6.07) is 0. The Morgan fingerprint density at radius 2 is 1.46 bits per heavy atom. The number of carbonyl (C=O) groups is 2. The van der Waals surface area contributed by atoms with Crippen molar-refractivity contribution in [2.75, 3.05) is 0 Å². The van der Waals surface area contributed by atoms with Gasteiger partial charge in [-0.3, -0.25) is 9.59 Å². The van der Waals surface area contributed by atoms with Crippen LogP contribution in [0.15, 0.2) is 12.2 Å². The van der Waals surface area contributed by atoms with Gasteiger partial charge in [0.25, 0.3) is 0 Å². The highest BCUT2D eigenvalue weighted by molar-refractivity contribution is 5.67. The molecule has 0 saturated heterocycles. The topological polar surface area (TPSA) is 52.6 Å². The van der Waals surface area contributed by atoms with Crippen molar-refractivity contribution in [3.63, 3.8) is 0 Å². The van der Waals surface area contributed by atoms with Crippen molar-refractivity contribution in [1.29, 1.82) is 0 Å². The summed E-state index contributed by atoms with van der Waals surface area (Å²) in [4.78, 5) is 21.1. The van der Waals surface area contributed by atoms with Crippen LogP contribution in [0.1, 0.15) is 20.3 Å². The Morgan fingerprint density at radius 3 is 1.77 bits per heavy atom. The molecule has 0 fully saturated rings. The van der Waals surface area contributed by atoms with Crippen molar-refractivity contribution in [3.8, 4) is 0 Å². The molecule has 72 valence electrons. The van der Waals surface area contributed by atoms with Gasteiger partial charge in [-0.15, -0.1) is 0 Å². The molecular weight excluding hydrogens is 172 g/mol. The lowest BCUT2D eigenvalue weighted by molar-refractivity contribution is -0.147. The fourth-order valence-electron chi connectivity index (χ4n) is 1.24. The summed E-state index contributed by atoms with van der Waals surface area (Å²) in [6.45, 7) is 2.71. The van der Waals surface area contributed by atoms with Gasteiger partial charge in [0.2, 0.25) is 0 Å². The minimum atomic E-state index is -0.321. The highest BCUT2D eigenvalue weighted by Gasteiger charge is 2.22. The van der Waals surface area contributed by atoms with E-state index >= 15 is 0 Å². The molecule has 4 nitrogen and oxygen atoms in total. The fourth-order valence-corrected chi connectivity index (χ4v) is 1.24. The highest BCUT2D eigenvalue weighted by Crippen LogP contribution is 2.17. The molecule has 0 aromatic heterocycles. The minimum absolute atomic E-state index is 0.248. The third-order valence-corrected chi connectivity index (χ3v) is 1.64. The van der Waals surface area contributed by atoms with Crippen LogP contribution in [-0.2, 0) is 19.1 Å². The Kier molecular flexibility index (Phi) is 3.06. The van der Waals surface area contributed by atoms with E-state index in [0.717, 1.165) is 0 Å². The van der Waals surface area contributed by atoms with Gasteiger partial charge < -0.3 is 9.47 Å². The quantitative estimate of drug-likeness (QED) is 0.470. The zero-order chi connectivity index (χ0) is 9.84. The van der Waals surface area contributed by atoms with Crippen LogP contribution < -0.4 is 0 Å². The molecule has 0 heterocycles. The number of rotatable bonds is 2. The summed E-state index contributed by atoms with van der Waals surface area (Å²) >= 11 is 0. The summed E-state index contributed by atoms with van der Waals surface area (Å²) in [5.41, 5.74) is 0. The summed E-state index contributed by atoms with van der Waals surface area (Å²) in [5.74, 6) is -0.642. The van der Waals surface area contributed by atoms with Crippen molar-refractivity contribution in [2.24, 2.45) is 0 Å². The van der Waals surface area contributed by atoms with Crippen molar-refractivity contribution >= 4 is 11.9 Å². The maximum atomic E-state index is 10.6. The number of hydrogen-bond acceptors (Lipinski definition) is 4. The first-order chi connectivity index (χ1) is 6.08. The number of esters is 2. The molecule has 0 radical (unpaired) electrons. The SMILES string of the molecule is CC(=O)OC1C=C[C@@H](OC(C)=O)C1. The molecule has 0 bridgehead atoms. The molecule has 1 aliphatic rings. The summed E-state index contributed by atoms with van der Waals surface area (Å²) < 4.78 is 9.81. The predicted octanol–water partition coefficient (Wildman–Crippen LogP) is 0.810. The Balaban J connectivity index is 2.33. The molecule has 2 atom stereocenters. The standard InChI is InChI=1S/C9H12O4/c1-6(10)12-8-3-4-9(5-8)13-7(2)11/h3-4,8-9H,5H2,1-2H3/t8-,9?/m1/s1. The van der Waals surface area contributed by atoms with Crippen molar-refractivity contribution in [1.82, 2.24) is 0 Å². The Hall–Kier alpha value is -1.32. The first-order valence-electron chi connectivity index (χ1n) is 4.10. The summed E-state index contributed by atoms with van der Waals surface area (Å²) in [5, 5.41) is 0. The smallest absolute Gasteiger partial charge is 0.303 e. The molecule has 13 heavy (non-hydrogen) atoms. The van der Waals surface area contributed by atoms with Gasteiger partial charge in [-0.2, -0.15) is 0 Å². The Bertz CT molecular complexity index is 220. The average molecular weight is 184 g/mol. The van der Waals surface area contributed by atoms with Gasteiger partial charge >= 0.3 is 11.9 Å². The van der Waals surface area contributed by atoms with Crippen molar-refractivity contribution in [2.45, 2.75) is 32.5 Å². The maximum Gasteiger partial charge on any atom is 0.303 e. The molecule has 0 amide bonds. The van der Waals surface area contributed by atoms with Crippen molar-refractivity contribution in [3.05, 3.63) is 12.2 Å². The lowest BCUT2D eigenvalue weighted by Gasteiger charge is -2.11. The van der Waals surface area contributed by atoms with Crippen LogP contribution in [0.25, 0.3) is 0 Å². The molecule has 0 saturated carbocycles. The van der Waals surface area contributed by atoms with Gasteiger partial charge in [0.15, 0.2) is 0 Å². The fraction of sp³-hybridized carbons (Fsp3) is 0.556. The van der Waals surface area contributed by atoms with Crippen LogP contribution in [0.5, 0.6) is 0 Å². The van der Waals surface area contributed by atoms with Gasteiger partial charge in [0, 0.05) is 20.3 Å². The zero-order valence-corrected chi connectivity index (χ0v) is 7.65. The Labute approximate surface area is 76.5 Å². The van der Waals surface area contributed by atoms with Crippen LogP contribution in [0.3, 0.4) is 0 Å². The van der Waals surface area contributed by atoms with E-state index in [1.54, 1.807) is 12.2 Å². The van der Waals surface area contributed by atoms with Gasteiger partial charge in [-0.1, -0.05) is 0 Å². The molecule has 1 aliphatic carbocycles. The predicted molar refractivity (Wildman–Crippen MR) is 44.9 cm³/mol. The molecule has 1 unspecified atom stereocenters. The van der Waals surface area contributed by atoms with E-state index in [4.69, 9.17) is 9.47 Å². The van der Waals surface area contributed by atoms with Crippen LogP contribution in [0.2, 0.25) is 0 Å². The van der Waals surface area contributed by atoms with E-state index in [1.165, 1.54) is 13.8 Å². The number of ether oxygens (including phenoxy) is 2. The first-order valence-corrected chi connectivity index (χ1v) is 4.10. The van der Waals surface area contributed by atoms with Gasteiger partial charge in [0.1, 0.15) is 12.2 Å². The molecule has 0 N–H and O–H groups in total. The molecule has 0 aromatic rings. The van der Waals surface area contributed by atoms with Crippen molar-refractivity contribution < 1.29 is 19.1 Å². The second-order valence-corrected chi connectivity index (χ2v) is 2.92. The highest BCUT2D eigenvalue weighted by atomic mass is 16.6. The third kappa shape index (κ3) is 3.27. The van der Waals surface area contributed by atoms with Crippen LogP contribution in [0.4, 0.5) is 0 Å². The zero-order valence-electron chi connectivity index (χ0n) is 7.65. The van der Waals surface area contributed by atoms with Gasteiger partial charge in [-0.05, 0) is 12.2 Å². The van der Waals surface area contributed by atoms with E-state index < -0.39 is 0 Å². The average Bonchev–Trinajstić information content (AvgIpc) is 2.33. The van der Waals surface area contributed by atoms with Crippen LogP contribution in [0, 0.1) is 0 Å². The second-order valence-electron chi connectivity index (χ2n) is 2.92. The normalized spacial score (nSPS) is 25.7. The first kappa shape index (κ1) is 9.77. The van der Waals surface area contributed by atoms with Gasteiger partial charge in [0.05, 0.1) is 0 Å². The monoisotopic (exact) mass is 184 g/mol. The van der Waals surface area contributed by atoms with E-state index in [9.17, 15) is 9.59 Å². The minimum Gasteiger partial charge on any atom is -0.458 e. The van der Waals surface area contributed by atoms with Crippen LogP contribution in [-0.4, -0.2) is 24.1 Å². The van der Waals surface area contributed by atoms with Gasteiger partial charge in [-0.25, -0.2) is 0 Å². The number of carbonyl (C=O) groups excluding carboxylic acids is 2. The lowest BCUT2D eigenvalue weighted by atomic mass is 10.3. The molecule has 4 heteroatoms. The summed E-state index contributed by atoms with van der Waals surface area (Å²) in [7, 11) is 0. The lowest BCUT2D eigenvalue weighted by Crippen LogP contribution is -2.17. The van der Waals surface area contributed by atoms with Crippen LogP contribution >= 0.6 is 0 Å². The molecule has 0 aliphatic heterocycles.